The minimum absolute atomic E-state index is 0.00653. The maximum absolute atomic E-state index is 13.4. The number of nitrogens with zero attached hydrogens (tertiary/aromatic N) is 2. The zero-order valence-electron chi connectivity index (χ0n) is 26.9. The number of carbonyl (C=O) groups is 5. The second-order valence-electron chi connectivity index (χ2n) is 11.7. The molecule has 3 heterocycles. The van der Waals surface area contributed by atoms with Crippen molar-refractivity contribution in [2.75, 3.05) is 13.6 Å². The van der Waals surface area contributed by atoms with Crippen molar-refractivity contribution >= 4 is 66.9 Å². The van der Waals surface area contributed by atoms with Gasteiger partial charge in [-0.25, -0.2) is 14.0 Å². The Morgan fingerprint density at radius 3 is 2.56 bits per heavy atom. The van der Waals surface area contributed by atoms with Crippen molar-refractivity contribution in [3.63, 3.8) is 0 Å². The highest BCUT2D eigenvalue weighted by molar-refractivity contribution is 8.76. The lowest BCUT2D eigenvalue weighted by molar-refractivity contribution is -0.151. The maximum Gasteiger partial charge on any atom is 0.410 e. The predicted octanol–water partition coefficient (Wildman–Crippen LogP) is 4.20. The van der Waals surface area contributed by atoms with E-state index in [1.54, 1.807) is 55.6 Å². The Morgan fingerprint density at radius 2 is 1.88 bits per heavy atom. The summed E-state index contributed by atoms with van der Waals surface area (Å²) in [7, 11) is -0.118. The van der Waals surface area contributed by atoms with Crippen molar-refractivity contribution in [1.82, 2.24) is 15.2 Å². The number of hydrogen-bond acceptors (Lipinski definition) is 12. The van der Waals surface area contributed by atoms with Gasteiger partial charge in [0.1, 0.15) is 28.5 Å². The number of aromatic nitrogens is 1. The third-order valence-corrected chi connectivity index (χ3v) is 12.9. The molecule has 2 aliphatic rings. The summed E-state index contributed by atoms with van der Waals surface area (Å²) in [6.07, 6.45) is 4.87. The van der Waals surface area contributed by atoms with Crippen molar-refractivity contribution in [1.29, 1.82) is 0 Å². The molecule has 2 bridgehead atoms. The van der Waals surface area contributed by atoms with E-state index in [9.17, 15) is 33.3 Å². The second-order valence-corrected chi connectivity index (χ2v) is 15.8. The molecule has 2 amide bonds. The van der Waals surface area contributed by atoms with Gasteiger partial charge in [-0.15, -0.1) is 11.3 Å². The van der Waals surface area contributed by atoms with Gasteiger partial charge in [0.2, 0.25) is 11.0 Å². The third-order valence-electron chi connectivity index (χ3n) is 7.91. The van der Waals surface area contributed by atoms with Crippen LogP contribution in [0.4, 0.5) is 4.79 Å². The normalized spacial score (nSPS) is 29.1. The van der Waals surface area contributed by atoms with E-state index in [-0.39, 0.29) is 19.4 Å². The van der Waals surface area contributed by atoms with Crippen LogP contribution in [0.3, 0.4) is 0 Å². The van der Waals surface area contributed by atoms with Gasteiger partial charge in [-0.3, -0.25) is 19.2 Å². The van der Waals surface area contributed by atoms with Gasteiger partial charge in [-0.2, -0.15) is 0 Å². The number of benzene rings is 1. The van der Waals surface area contributed by atoms with E-state index in [0.29, 0.717) is 27.1 Å². The number of fused-ring (bicyclic) bond motifs is 2. The number of ether oxygens (including phenoxy) is 2. The van der Waals surface area contributed by atoms with Crippen molar-refractivity contribution in [3.05, 3.63) is 81.9 Å². The first-order chi connectivity index (χ1) is 22.7. The van der Waals surface area contributed by atoms with Gasteiger partial charge in [0, 0.05) is 29.6 Å². The smallest absolute Gasteiger partial charge is 0.410 e. The number of hydrogen-bond donors (Lipinski definition) is 2. The Kier molecular flexibility index (Phi) is 12.3. The van der Waals surface area contributed by atoms with E-state index < -0.39 is 74.2 Å². The molecule has 15 heteroatoms. The molecule has 0 saturated carbocycles. The van der Waals surface area contributed by atoms with E-state index in [1.165, 1.54) is 43.5 Å². The summed E-state index contributed by atoms with van der Waals surface area (Å²) in [5, 5.41) is 15.8. The molecule has 1 spiro atoms. The van der Waals surface area contributed by atoms with Gasteiger partial charge in [-0.1, -0.05) is 48.1 Å². The van der Waals surface area contributed by atoms with Crippen molar-refractivity contribution in [2.24, 2.45) is 0 Å². The first-order valence-electron chi connectivity index (χ1n) is 15.0. The molecular formula is C33H37N3O9S3. The van der Waals surface area contributed by atoms with E-state index in [1.807, 2.05) is 6.07 Å². The van der Waals surface area contributed by atoms with Crippen LogP contribution in [-0.2, 0) is 45.1 Å². The van der Waals surface area contributed by atoms with Crippen LogP contribution in [0.5, 0.6) is 0 Å². The van der Waals surface area contributed by atoms with Crippen molar-refractivity contribution in [2.45, 2.75) is 69.1 Å². The molecule has 4 rings (SSSR count). The largest absolute Gasteiger partial charge is 0.448 e. The number of likely N-dealkylation sites (N-methyl/N-ethyl adjacent to an activating group) is 1. The highest BCUT2D eigenvalue weighted by Crippen LogP contribution is 2.50. The maximum atomic E-state index is 13.4. The molecule has 1 aromatic carbocycles. The number of thiazole rings is 1. The number of aliphatic hydroxyl groups is 1. The molecule has 2 N–H and O–H groups in total. The molecule has 0 aliphatic carbocycles. The summed E-state index contributed by atoms with van der Waals surface area (Å²) in [6.45, 7) is 4.16. The Hall–Kier alpha value is -3.92. The number of rotatable bonds is 5. The first kappa shape index (κ1) is 36.9. The predicted molar refractivity (Wildman–Crippen MR) is 183 cm³/mol. The van der Waals surface area contributed by atoms with Gasteiger partial charge >= 0.3 is 12.1 Å². The number of ketones is 1. The van der Waals surface area contributed by atoms with Crippen molar-refractivity contribution < 1.29 is 42.8 Å². The van der Waals surface area contributed by atoms with Crippen LogP contribution in [0.25, 0.3) is 6.08 Å². The summed E-state index contributed by atoms with van der Waals surface area (Å²) in [5.41, 5.74) is -0.230. The molecule has 2 aromatic rings. The number of esters is 1. The fourth-order valence-electron chi connectivity index (χ4n) is 4.99. The Bertz CT molecular complexity index is 1670. The van der Waals surface area contributed by atoms with E-state index >= 15 is 0 Å². The van der Waals surface area contributed by atoms with Crippen LogP contribution < -0.4 is 5.32 Å². The van der Waals surface area contributed by atoms with Crippen LogP contribution in [0.15, 0.2) is 65.6 Å². The SMILES string of the molecule is C/C1=C\[C@@H](OC(=O)CN(C)C(=O)OCc2ccccc2)C(=O)/C=C/C=C\c2csc(n2)[C@H](C)NC(=O)C[C@@]2(CC1)S(=O)SC(=O)[C@]2(C)O. The highest BCUT2D eigenvalue weighted by Gasteiger charge is 2.63. The Labute approximate surface area is 288 Å². The molecule has 12 nitrogen and oxygen atoms in total. The van der Waals surface area contributed by atoms with Gasteiger partial charge in [0.15, 0.2) is 11.9 Å². The second kappa shape index (κ2) is 16.0. The van der Waals surface area contributed by atoms with E-state index in [2.05, 4.69) is 10.3 Å². The van der Waals surface area contributed by atoms with E-state index in [0.717, 1.165) is 10.5 Å². The Balaban J connectivity index is 1.57. The molecule has 0 radical (unpaired) electrons. The monoisotopic (exact) mass is 715 g/mol. The average Bonchev–Trinajstić information content (AvgIpc) is 3.57. The summed E-state index contributed by atoms with van der Waals surface area (Å²) >= 11 is 1.31. The minimum atomic E-state index is -2.09. The quantitative estimate of drug-likeness (QED) is 0.259. The number of nitrogens with one attached hydrogen (secondary N) is 1. The van der Waals surface area contributed by atoms with Crippen LogP contribution in [0.1, 0.15) is 62.3 Å². The zero-order valence-corrected chi connectivity index (χ0v) is 29.3. The lowest BCUT2D eigenvalue weighted by atomic mass is 9.81. The van der Waals surface area contributed by atoms with Gasteiger partial charge in [-0.05, 0) is 57.4 Å². The summed E-state index contributed by atoms with van der Waals surface area (Å²) < 4.78 is 22.5. The minimum Gasteiger partial charge on any atom is -0.448 e. The van der Waals surface area contributed by atoms with Gasteiger partial charge in [0.25, 0.3) is 0 Å². The molecule has 256 valence electrons. The van der Waals surface area contributed by atoms with Crippen molar-refractivity contribution in [3.8, 4) is 0 Å². The fraction of sp³-hybridized carbons (Fsp3) is 0.394. The van der Waals surface area contributed by atoms with Crippen LogP contribution in [0.2, 0.25) is 0 Å². The fourth-order valence-corrected chi connectivity index (χ4v) is 9.73. The van der Waals surface area contributed by atoms with E-state index in [4.69, 9.17) is 9.47 Å². The lowest BCUT2D eigenvalue weighted by Gasteiger charge is -2.36. The standard InChI is InChI=1S/C33H37N3O9S3/c1-21-14-15-33(32(3,42)30(40)47-48(33)43)17-27(38)34-22(2)29-35-24(20-46-29)12-8-9-13-25(37)26(16-21)45-28(39)18-36(4)31(41)44-19-23-10-6-5-7-11-23/h5-13,16,20,22,26,42H,14-15,17-19H2,1-4H3,(H,34,38)/b12-8-,13-9+,21-16+/t22-,26+,32-,33+,48?/m0/s1. The average molecular weight is 716 g/mol. The molecule has 1 unspecified atom stereocenters. The van der Waals surface area contributed by atoms with Crippen LogP contribution in [0, 0.1) is 0 Å². The molecule has 1 aromatic heterocycles. The topological polar surface area (TPSA) is 169 Å². The highest BCUT2D eigenvalue weighted by atomic mass is 33.1. The summed E-state index contributed by atoms with van der Waals surface area (Å²) in [4.78, 5) is 70.2. The number of allylic oxidation sites excluding steroid dienone is 3. The molecule has 1 saturated heterocycles. The molecule has 48 heavy (non-hydrogen) atoms. The molecule has 2 aliphatic heterocycles. The molecule has 1 fully saturated rings. The van der Waals surface area contributed by atoms with Crippen LogP contribution >= 0.6 is 22.1 Å². The first-order valence-corrected chi connectivity index (χ1v) is 18.4. The summed E-state index contributed by atoms with van der Waals surface area (Å²) in [5.74, 6) is -1.97. The number of carbonyl (C=O) groups excluding carboxylic acids is 5. The number of amides is 2. The molecular weight excluding hydrogens is 679 g/mol. The lowest BCUT2D eigenvalue weighted by Crippen LogP contribution is -2.55. The van der Waals surface area contributed by atoms with Gasteiger partial charge in [0.05, 0.1) is 21.6 Å². The zero-order chi connectivity index (χ0) is 35.1. The summed E-state index contributed by atoms with van der Waals surface area (Å²) in [6, 6.07) is 8.52. The third kappa shape index (κ3) is 8.95. The molecule has 5 atom stereocenters. The van der Waals surface area contributed by atoms with Crippen LogP contribution in [-0.4, -0.2) is 78.1 Å². The van der Waals surface area contributed by atoms with Gasteiger partial charge < -0.3 is 24.8 Å². The Morgan fingerprint density at radius 1 is 1.17 bits per heavy atom.